The number of epoxide rings is 1. The maximum absolute atomic E-state index is 11.9. The number of hydrogen-bond donors (Lipinski definition) is 2. The van der Waals surface area contributed by atoms with Gasteiger partial charge in [-0.15, -0.1) is 0 Å². The molecule has 0 aromatic rings. The fraction of sp³-hybridized carbons (Fsp3) is 0.818. The summed E-state index contributed by atoms with van der Waals surface area (Å²) in [4.78, 5) is 23.0. The van der Waals surface area contributed by atoms with Crippen molar-refractivity contribution in [1.82, 2.24) is 5.32 Å². The quantitative estimate of drug-likeness (QED) is 0.651. The average Bonchev–Trinajstić information content (AvgIpc) is 2.81. The molecule has 1 aliphatic heterocycles. The van der Waals surface area contributed by atoms with Crippen LogP contribution in [0.2, 0.25) is 0 Å². The molecule has 16 heavy (non-hydrogen) atoms. The maximum Gasteiger partial charge on any atom is 0.224 e. The largest absolute Gasteiger partial charge is 0.369 e. The Morgan fingerprint density at radius 2 is 2.06 bits per heavy atom. The van der Waals surface area contributed by atoms with Crippen molar-refractivity contribution in [3.05, 3.63) is 0 Å². The normalized spacial score (nSPS) is 37.1. The fourth-order valence-electron chi connectivity index (χ4n) is 2.24. The Hall–Kier alpha value is -1.10. The smallest absolute Gasteiger partial charge is 0.224 e. The minimum atomic E-state index is -0.355. The van der Waals surface area contributed by atoms with Crippen LogP contribution in [-0.4, -0.2) is 30.6 Å². The molecule has 2 rings (SSSR count). The molecule has 0 bridgehead atoms. The highest BCUT2D eigenvalue weighted by molar-refractivity contribution is 5.87. The molecule has 5 heteroatoms. The first-order valence-corrected chi connectivity index (χ1v) is 5.73. The van der Waals surface area contributed by atoms with Crippen molar-refractivity contribution < 1.29 is 14.3 Å². The van der Waals surface area contributed by atoms with E-state index in [2.05, 4.69) is 5.32 Å². The van der Waals surface area contributed by atoms with Gasteiger partial charge in [-0.3, -0.25) is 9.59 Å². The summed E-state index contributed by atoms with van der Waals surface area (Å²) >= 11 is 0. The van der Waals surface area contributed by atoms with E-state index >= 15 is 0 Å². The zero-order valence-electron chi connectivity index (χ0n) is 9.49. The van der Waals surface area contributed by atoms with Crippen molar-refractivity contribution in [3.63, 3.8) is 0 Å². The van der Waals surface area contributed by atoms with Gasteiger partial charge in [0.25, 0.3) is 0 Å². The minimum absolute atomic E-state index is 0.0574. The van der Waals surface area contributed by atoms with Crippen LogP contribution < -0.4 is 11.1 Å². The van der Waals surface area contributed by atoms with E-state index < -0.39 is 0 Å². The first-order valence-electron chi connectivity index (χ1n) is 5.73. The van der Waals surface area contributed by atoms with Crippen LogP contribution in [0.1, 0.15) is 26.2 Å². The molecule has 3 N–H and O–H groups in total. The SMILES string of the molecule is CC1(CNC(=O)C2CCCC2C(N)=O)CO1. The van der Waals surface area contributed by atoms with Gasteiger partial charge in [0, 0.05) is 18.4 Å². The zero-order chi connectivity index (χ0) is 11.8. The van der Waals surface area contributed by atoms with E-state index in [0.29, 0.717) is 13.2 Å². The van der Waals surface area contributed by atoms with E-state index in [1.165, 1.54) is 0 Å². The Balaban J connectivity index is 1.85. The number of rotatable bonds is 4. The average molecular weight is 226 g/mol. The monoisotopic (exact) mass is 226 g/mol. The van der Waals surface area contributed by atoms with Gasteiger partial charge in [0.2, 0.25) is 11.8 Å². The van der Waals surface area contributed by atoms with Gasteiger partial charge in [-0.05, 0) is 19.8 Å². The molecule has 3 atom stereocenters. The summed E-state index contributed by atoms with van der Waals surface area (Å²) in [5.41, 5.74) is 5.09. The van der Waals surface area contributed by atoms with E-state index in [4.69, 9.17) is 10.5 Å². The summed E-state index contributed by atoms with van der Waals surface area (Å²) in [6.45, 7) is 3.17. The number of amides is 2. The highest BCUT2D eigenvalue weighted by Gasteiger charge is 2.41. The Kier molecular flexibility index (Phi) is 2.88. The maximum atomic E-state index is 11.9. The molecule has 1 heterocycles. The van der Waals surface area contributed by atoms with Crippen molar-refractivity contribution in [3.8, 4) is 0 Å². The van der Waals surface area contributed by atoms with Crippen molar-refractivity contribution >= 4 is 11.8 Å². The molecule has 0 aromatic carbocycles. The van der Waals surface area contributed by atoms with Crippen molar-refractivity contribution in [1.29, 1.82) is 0 Å². The Morgan fingerprint density at radius 3 is 2.62 bits per heavy atom. The first-order chi connectivity index (χ1) is 7.52. The van der Waals surface area contributed by atoms with E-state index in [1.807, 2.05) is 6.92 Å². The fourth-order valence-corrected chi connectivity index (χ4v) is 2.24. The number of carbonyl (C=O) groups is 2. The van der Waals surface area contributed by atoms with Gasteiger partial charge in [0.15, 0.2) is 0 Å². The molecule has 5 nitrogen and oxygen atoms in total. The second-order valence-corrected chi connectivity index (χ2v) is 5.00. The van der Waals surface area contributed by atoms with Crippen molar-refractivity contribution in [2.75, 3.05) is 13.2 Å². The summed E-state index contributed by atoms with van der Waals surface area (Å²) in [6.07, 6.45) is 2.40. The summed E-state index contributed by atoms with van der Waals surface area (Å²) in [5.74, 6) is -0.933. The summed E-state index contributed by atoms with van der Waals surface area (Å²) in [6, 6.07) is 0. The number of ether oxygens (including phenoxy) is 1. The summed E-state index contributed by atoms with van der Waals surface area (Å²) in [7, 11) is 0. The lowest BCUT2D eigenvalue weighted by molar-refractivity contribution is -0.132. The second kappa shape index (κ2) is 4.05. The first kappa shape index (κ1) is 11.4. The molecular weight excluding hydrogens is 208 g/mol. The van der Waals surface area contributed by atoms with Gasteiger partial charge in [-0.25, -0.2) is 0 Å². The van der Waals surface area contributed by atoms with Crippen LogP contribution in [0.15, 0.2) is 0 Å². The van der Waals surface area contributed by atoms with Gasteiger partial charge in [-0.2, -0.15) is 0 Å². The van der Waals surface area contributed by atoms with E-state index in [-0.39, 0.29) is 29.3 Å². The van der Waals surface area contributed by atoms with E-state index in [9.17, 15) is 9.59 Å². The van der Waals surface area contributed by atoms with Crippen LogP contribution in [-0.2, 0) is 14.3 Å². The number of primary amides is 1. The molecule has 2 aliphatic rings. The highest BCUT2D eigenvalue weighted by Crippen LogP contribution is 2.32. The summed E-state index contributed by atoms with van der Waals surface area (Å²) in [5, 5.41) is 2.84. The highest BCUT2D eigenvalue weighted by atomic mass is 16.6. The second-order valence-electron chi connectivity index (χ2n) is 5.00. The molecule has 1 saturated heterocycles. The van der Waals surface area contributed by atoms with Gasteiger partial charge >= 0.3 is 0 Å². The van der Waals surface area contributed by atoms with E-state index in [1.54, 1.807) is 0 Å². The number of nitrogens with one attached hydrogen (secondary N) is 1. The molecule has 0 spiro atoms. The van der Waals surface area contributed by atoms with Crippen molar-refractivity contribution in [2.45, 2.75) is 31.8 Å². The van der Waals surface area contributed by atoms with Crippen LogP contribution in [0, 0.1) is 11.8 Å². The lowest BCUT2D eigenvalue weighted by Gasteiger charge is -2.17. The minimum Gasteiger partial charge on any atom is -0.369 e. The van der Waals surface area contributed by atoms with Gasteiger partial charge in [0.05, 0.1) is 6.61 Å². The third kappa shape index (κ3) is 2.35. The van der Waals surface area contributed by atoms with Crippen LogP contribution in [0.3, 0.4) is 0 Å². The molecule has 0 aromatic heterocycles. The topological polar surface area (TPSA) is 84.7 Å². The number of hydrogen-bond acceptors (Lipinski definition) is 3. The standard InChI is InChI=1S/C11H18N2O3/c1-11(6-16-11)5-13-10(15)8-4-2-3-7(8)9(12)14/h7-8H,2-6H2,1H3,(H2,12,14)(H,13,15). The van der Waals surface area contributed by atoms with Crippen molar-refractivity contribution in [2.24, 2.45) is 17.6 Å². The zero-order valence-corrected chi connectivity index (χ0v) is 9.49. The molecule has 1 saturated carbocycles. The molecular formula is C11H18N2O3. The lowest BCUT2D eigenvalue weighted by atomic mass is 9.94. The Labute approximate surface area is 94.7 Å². The Bertz CT molecular complexity index is 312. The van der Waals surface area contributed by atoms with Crippen LogP contribution in [0.25, 0.3) is 0 Å². The van der Waals surface area contributed by atoms with Crippen LogP contribution in [0.5, 0.6) is 0 Å². The Morgan fingerprint density at radius 1 is 1.44 bits per heavy atom. The molecule has 1 aliphatic carbocycles. The molecule has 2 fully saturated rings. The van der Waals surface area contributed by atoms with Crippen LogP contribution >= 0.6 is 0 Å². The van der Waals surface area contributed by atoms with Gasteiger partial charge in [-0.1, -0.05) is 6.42 Å². The number of nitrogens with two attached hydrogens (primary N) is 1. The third-order valence-corrected chi connectivity index (χ3v) is 3.49. The predicted molar refractivity (Wildman–Crippen MR) is 57.4 cm³/mol. The molecule has 90 valence electrons. The van der Waals surface area contributed by atoms with Crippen LogP contribution in [0.4, 0.5) is 0 Å². The summed E-state index contributed by atoms with van der Waals surface area (Å²) < 4.78 is 5.18. The number of carbonyl (C=O) groups excluding carboxylic acids is 2. The molecule has 3 unspecified atom stereocenters. The predicted octanol–water partition coefficient (Wildman–Crippen LogP) is -0.207. The van der Waals surface area contributed by atoms with E-state index in [0.717, 1.165) is 19.3 Å². The molecule has 0 radical (unpaired) electrons. The molecule has 2 amide bonds. The lowest BCUT2D eigenvalue weighted by Crippen LogP contribution is -2.40. The van der Waals surface area contributed by atoms with Gasteiger partial charge in [0.1, 0.15) is 5.60 Å². The third-order valence-electron chi connectivity index (χ3n) is 3.49. The van der Waals surface area contributed by atoms with Gasteiger partial charge < -0.3 is 15.8 Å².